The van der Waals surface area contributed by atoms with Crippen molar-refractivity contribution in [3.63, 3.8) is 0 Å². The highest BCUT2D eigenvalue weighted by Gasteiger charge is 2.20. The number of carbonyl (C=O) groups is 2. The van der Waals surface area contributed by atoms with Crippen molar-refractivity contribution >= 4 is 34.6 Å². The first-order chi connectivity index (χ1) is 15.7. The van der Waals surface area contributed by atoms with Gasteiger partial charge in [0.2, 0.25) is 0 Å². The van der Waals surface area contributed by atoms with Gasteiger partial charge in [-0.15, -0.1) is 22.7 Å². The molecule has 170 valence electrons. The van der Waals surface area contributed by atoms with Gasteiger partial charge in [0.05, 0.1) is 50.7 Å². The van der Waals surface area contributed by atoms with Crippen molar-refractivity contribution < 1.29 is 28.2 Å². The molecule has 4 heterocycles. The quantitative estimate of drug-likeness (QED) is 0.406. The van der Waals surface area contributed by atoms with E-state index in [1.54, 1.807) is 13.8 Å². The highest BCUT2D eigenvalue weighted by atomic mass is 32.1. The maximum atomic E-state index is 12.8. The molecule has 0 saturated heterocycles. The lowest BCUT2D eigenvalue weighted by atomic mass is 10.2. The number of hydrogen-bond donors (Lipinski definition) is 1. The molecule has 1 N–H and O–H groups in total. The predicted molar refractivity (Wildman–Crippen MR) is 118 cm³/mol. The van der Waals surface area contributed by atoms with Crippen LogP contribution in [0.2, 0.25) is 0 Å². The molecule has 0 bridgehead atoms. The van der Waals surface area contributed by atoms with Crippen LogP contribution in [0.5, 0.6) is 0 Å². The number of nitrogens with zero attached hydrogens (tertiary/aromatic N) is 4. The van der Waals surface area contributed by atoms with E-state index in [4.69, 9.17) is 5.11 Å². The summed E-state index contributed by atoms with van der Waals surface area (Å²) in [6.45, 7) is 3.49. The van der Waals surface area contributed by atoms with Gasteiger partial charge in [0.1, 0.15) is 11.6 Å². The smallest absolute Gasteiger partial charge is 0.358 e. The Kier molecular flexibility index (Phi) is 7.51. The second-order valence-electron chi connectivity index (χ2n) is 6.34. The largest absolute Gasteiger partial charge is 0.476 e. The van der Waals surface area contributed by atoms with Crippen molar-refractivity contribution in [3.05, 3.63) is 69.7 Å². The number of carboxylic acids is 1. The standard InChI is InChI=1S/C11H9FN2O2S.C10H7FN2O2S/c1-6-14-9(11(15)16-2)10(17-6)8-4-3-7(12)5-13-8;1-5-13-8(10(14)15)9(16-5)7-3-2-6(11)4-12-7/h3-5H,1-2H3;2-4H,1H3,(H,14,15). The molecule has 0 unspecified atom stereocenters. The first kappa shape index (κ1) is 24.0. The molecular weight excluding hydrogens is 474 g/mol. The van der Waals surface area contributed by atoms with E-state index in [0.717, 1.165) is 17.4 Å². The SMILES string of the molecule is COC(=O)c1nc(C)sc1-c1ccc(F)cn1.Cc1nc(C(=O)O)c(-c2ccc(F)cn2)s1. The summed E-state index contributed by atoms with van der Waals surface area (Å²) < 4.78 is 30.1. The van der Waals surface area contributed by atoms with E-state index in [-0.39, 0.29) is 11.4 Å². The van der Waals surface area contributed by atoms with E-state index in [1.165, 1.54) is 54.0 Å². The van der Waals surface area contributed by atoms with E-state index in [2.05, 4.69) is 24.7 Å². The second-order valence-corrected chi connectivity index (χ2v) is 8.75. The highest BCUT2D eigenvalue weighted by Crippen LogP contribution is 2.29. The van der Waals surface area contributed by atoms with Crippen LogP contribution in [-0.2, 0) is 4.74 Å². The lowest BCUT2D eigenvalue weighted by Crippen LogP contribution is -2.03. The molecule has 0 radical (unpaired) electrons. The van der Waals surface area contributed by atoms with Gasteiger partial charge in [-0.1, -0.05) is 0 Å². The molecule has 8 nitrogen and oxygen atoms in total. The van der Waals surface area contributed by atoms with Gasteiger partial charge in [0, 0.05) is 0 Å². The number of carboxylic acid groups (broad SMARTS) is 1. The molecule has 0 aliphatic carbocycles. The lowest BCUT2D eigenvalue weighted by molar-refractivity contribution is 0.0594. The zero-order chi connectivity index (χ0) is 24.1. The fourth-order valence-electron chi connectivity index (χ4n) is 2.60. The van der Waals surface area contributed by atoms with Crippen LogP contribution in [0.1, 0.15) is 31.0 Å². The lowest BCUT2D eigenvalue weighted by Gasteiger charge is -1.99. The molecule has 12 heteroatoms. The Morgan fingerprint density at radius 1 is 0.848 bits per heavy atom. The maximum absolute atomic E-state index is 12.8. The number of hydrogen-bond acceptors (Lipinski definition) is 9. The first-order valence-electron chi connectivity index (χ1n) is 9.20. The van der Waals surface area contributed by atoms with Crippen LogP contribution in [0, 0.1) is 25.5 Å². The topological polar surface area (TPSA) is 115 Å². The summed E-state index contributed by atoms with van der Waals surface area (Å²) in [6, 6.07) is 5.48. The maximum Gasteiger partial charge on any atom is 0.358 e. The van der Waals surface area contributed by atoms with Gasteiger partial charge < -0.3 is 9.84 Å². The van der Waals surface area contributed by atoms with Crippen molar-refractivity contribution in [2.75, 3.05) is 7.11 Å². The fraction of sp³-hybridized carbons (Fsp3) is 0.143. The summed E-state index contributed by atoms with van der Waals surface area (Å²) in [4.78, 5) is 39.2. The number of thiazole rings is 2. The Bertz CT molecular complexity index is 1290. The highest BCUT2D eigenvalue weighted by molar-refractivity contribution is 7.15. The summed E-state index contributed by atoms with van der Waals surface area (Å²) in [5.41, 5.74) is 1.11. The van der Waals surface area contributed by atoms with Crippen molar-refractivity contribution in [2.24, 2.45) is 0 Å². The number of rotatable bonds is 4. The number of aromatic nitrogens is 4. The number of ether oxygens (including phenoxy) is 1. The summed E-state index contributed by atoms with van der Waals surface area (Å²) >= 11 is 2.54. The van der Waals surface area contributed by atoms with Crippen LogP contribution < -0.4 is 0 Å². The molecule has 0 amide bonds. The van der Waals surface area contributed by atoms with Gasteiger partial charge in [0.15, 0.2) is 11.4 Å². The van der Waals surface area contributed by atoms with Crippen LogP contribution in [-0.4, -0.2) is 44.1 Å². The van der Waals surface area contributed by atoms with Crippen molar-refractivity contribution in [3.8, 4) is 21.1 Å². The Morgan fingerprint density at radius 3 is 1.70 bits per heavy atom. The summed E-state index contributed by atoms with van der Waals surface area (Å²) in [5, 5.41) is 10.3. The van der Waals surface area contributed by atoms with E-state index < -0.39 is 23.6 Å². The molecule has 4 aromatic heterocycles. The Hall–Kier alpha value is -3.64. The zero-order valence-corrected chi connectivity index (χ0v) is 19.1. The zero-order valence-electron chi connectivity index (χ0n) is 17.5. The summed E-state index contributed by atoms with van der Waals surface area (Å²) in [7, 11) is 1.29. The Morgan fingerprint density at radius 2 is 1.30 bits per heavy atom. The molecule has 0 aromatic carbocycles. The van der Waals surface area contributed by atoms with Gasteiger partial charge in [-0.25, -0.2) is 28.3 Å². The molecule has 0 saturated carbocycles. The molecule has 0 aliphatic rings. The number of pyridine rings is 2. The monoisotopic (exact) mass is 490 g/mol. The third-order valence-electron chi connectivity index (χ3n) is 3.97. The fourth-order valence-corrected chi connectivity index (χ4v) is 4.37. The van der Waals surface area contributed by atoms with Crippen molar-refractivity contribution in [1.29, 1.82) is 0 Å². The van der Waals surface area contributed by atoms with E-state index in [0.29, 0.717) is 26.1 Å². The summed E-state index contributed by atoms with van der Waals surface area (Å²) in [6.07, 6.45) is 2.15. The molecule has 0 atom stereocenters. The minimum absolute atomic E-state index is 0.0402. The first-order valence-corrected chi connectivity index (χ1v) is 10.8. The van der Waals surface area contributed by atoms with Crippen molar-refractivity contribution in [2.45, 2.75) is 13.8 Å². The molecule has 0 aliphatic heterocycles. The number of carbonyl (C=O) groups excluding carboxylic acids is 1. The average Bonchev–Trinajstić information content (AvgIpc) is 3.38. The Balaban J connectivity index is 0.000000186. The van der Waals surface area contributed by atoms with Crippen LogP contribution in [0.15, 0.2) is 36.7 Å². The summed E-state index contributed by atoms with van der Waals surface area (Å²) in [5.74, 6) is -2.50. The van der Waals surface area contributed by atoms with Gasteiger partial charge in [-0.05, 0) is 38.1 Å². The molecule has 4 rings (SSSR count). The molecule has 33 heavy (non-hydrogen) atoms. The minimum Gasteiger partial charge on any atom is -0.476 e. The number of aryl methyl sites for hydroxylation is 2. The molecule has 4 aromatic rings. The van der Waals surface area contributed by atoms with E-state index in [1.807, 2.05) is 0 Å². The van der Waals surface area contributed by atoms with E-state index >= 15 is 0 Å². The third kappa shape index (κ3) is 5.79. The van der Waals surface area contributed by atoms with E-state index in [9.17, 15) is 18.4 Å². The van der Waals surface area contributed by atoms with Crippen LogP contribution >= 0.6 is 22.7 Å². The minimum atomic E-state index is -1.11. The van der Waals surface area contributed by atoms with Crippen LogP contribution in [0.4, 0.5) is 8.78 Å². The number of halogens is 2. The van der Waals surface area contributed by atoms with Gasteiger partial charge in [-0.2, -0.15) is 0 Å². The average molecular weight is 491 g/mol. The normalized spacial score (nSPS) is 10.3. The molecule has 0 fully saturated rings. The molecule has 0 spiro atoms. The number of esters is 1. The van der Waals surface area contributed by atoms with Crippen LogP contribution in [0.25, 0.3) is 21.1 Å². The van der Waals surface area contributed by atoms with Crippen LogP contribution in [0.3, 0.4) is 0 Å². The Labute approximate surface area is 194 Å². The van der Waals surface area contributed by atoms with Crippen molar-refractivity contribution in [1.82, 2.24) is 19.9 Å². The second kappa shape index (κ2) is 10.3. The van der Waals surface area contributed by atoms with Gasteiger partial charge in [-0.3, -0.25) is 9.97 Å². The van der Waals surface area contributed by atoms with Gasteiger partial charge in [0.25, 0.3) is 0 Å². The van der Waals surface area contributed by atoms with Gasteiger partial charge >= 0.3 is 11.9 Å². The number of aromatic carboxylic acids is 1. The predicted octanol–water partition coefficient (Wildman–Crippen LogP) is 4.79. The third-order valence-corrected chi connectivity index (χ3v) is 5.96. The molecular formula is C21H16F2N4O4S2. The number of methoxy groups -OCH3 is 1.